The molecular formula is C15H18ClN3O4. The fourth-order valence-corrected chi connectivity index (χ4v) is 2.53. The molecule has 0 saturated heterocycles. The van der Waals surface area contributed by atoms with Crippen molar-refractivity contribution < 1.29 is 19.4 Å². The first-order valence-corrected chi connectivity index (χ1v) is 7.68. The van der Waals surface area contributed by atoms with E-state index in [9.17, 15) is 9.59 Å². The number of aliphatic carboxylic acids is 1. The zero-order valence-corrected chi connectivity index (χ0v) is 13.5. The van der Waals surface area contributed by atoms with Gasteiger partial charge in [0.05, 0.1) is 31.3 Å². The van der Waals surface area contributed by atoms with Crippen molar-refractivity contribution in [1.29, 1.82) is 0 Å². The second-order valence-corrected chi connectivity index (χ2v) is 5.65. The molecule has 2 aromatic heterocycles. The number of rotatable bonds is 3. The number of carbonyl (C=O) groups excluding carboxylic acids is 1. The number of carbonyl (C=O) groups is 2. The molecule has 1 saturated carbocycles. The first-order chi connectivity index (χ1) is 11.0. The molecule has 0 unspecified atom stereocenters. The summed E-state index contributed by atoms with van der Waals surface area (Å²) in [6.07, 6.45) is 5.80. The van der Waals surface area contributed by atoms with Crippen LogP contribution in [0.5, 0.6) is 0 Å². The van der Waals surface area contributed by atoms with Gasteiger partial charge in [-0.05, 0) is 25.0 Å². The van der Waals surface area contributed by atoms with Crippen molar-refractivity contribution in [2.75, 3.05) is 7.11 Å². The predicted molar refractivity (Wildman–Crippen MR) is 83.3 cm³/mol. The molecule has 0 radical (unpaired) electrons. The van der Waals surface area contributed by atoms with E-state index in [1.54, 1.807) is 18.3 Å². The fourth-order valence-electron chi connectivity index (χ4n) is 2.39. The van der Waals surface area contributed by atoms with Crippen LogP contribution in [0, 0.1) is 5.92 Å². The van der Waals surface area contributed by atoms with Gasteiger partial charge in [0.25, 0.3) is 0 Å². The smallest absolute Gasteiger partial charge is 0.311 e. The van der Waals surface area contributed by atoms with Crippen LogP contribution in [-0.4, -0.2) is 38.8 Å². The lowest BCUT2D eigenvalue weighted by Crippen LogP contribution is -2.07. The van der Waals surface area contributed by atoms with Crippen molar-refractivity contribution in [2.45, 2.75) is 32.1 Å². The largest absolute Gasteiger partial charge is 0.481 e. The van der Waals surface area contributed by atoms with Crippen LogP contribution in [0.1, 0.15) is 31.4 Å². The monoisotopic (exact) mass is 339 g/mol. The summed E-state index contributed by atoms with van der Waals surface area (Å²) in [6.45, 7) is 0. The summed E-state index contributed by atoms with van der Waals surface area (Å²) in [5.41, 5.74) is 1.26. The van der Waals surface area contributed by atoms with Gasteiger partial charge >= 0.3 is 11.9 Å². The minimum atomic E-state index is -0.609. The molecule has 0 spiro atoms. The number of carboxylic acids is 1. The molecule has 0 aliphatic heterocycles. The van der Waals surface area contributed by atoms with Gasteiger partial charge in [-0.25, -0.2) is 9.50 Å². The molecule has 124 valence electrons. The van der Waals surface area contributed by atoms with Gasteiger partial charge in [-0.3, -0.25) is 9.59 Å². The average Bonchev–Trinajstić information content (AvgIpc) is 3.16. The van der Waals surface area contributed by atoms with Gasteiger partial charge in [-0.1, -0.05) is 24.4 Å². The Hall–Kier alpha value is -2.15. The van der Waals surface area contributed by atoms with Gasteiger partial charge < -0.3 is 9.84 Å². The van der Waals surface area contributed by atoms with E-state index in [-0.39, 0.29) is 18.3 Å². The van der Waals surface area contributed by atoms with E-state index in [1.807, 2.05) is 0 Å². The van der Waals surface area contributed by atoms with E-state index >= 15 is 0 Å². The number of halogens is 1. The highest BCUT2D eigenvalue weighted by atomic mass is 35.5. The number of imidazole rings is 1. The lowest BCUT2D eigenvalue weighted by Gasteiger charge is -1.97. The van der Waals surface area contributed by atoms with E-state index < -0.39 is 5.97 Å². The van der Waals surface area contributed by atoms with Crippen LogP contribution in [-0.2, 0) is 20.7 Å². The molecular weight excluding hydrogens is 322 g/mol. The molecule has 0 bridgehead atoms. The number of methoxy groups -OCH3 is 1. The topological polar surface area (TPSA) is 93.8 Å². The number of carboxylic acid groups (broad SMARTS) is 1. The molecule has 3 rings (SSSR count). The van der Waals surface area contributed by atoms with Crippen LogP contribution in [0.15, 0.2) is 18.3 Å². The number of hydrogen-bond donors (Lipinski definition) is 1. The Morgan fingerprint density at radius 3 is 2.65 bits per heavy atom. The number of ether oxygens (including phenoxy) is 1. The van der Waals surface area contributed by atoms with Gasteiger partial charge in [-0.15, -0.1) is 0 Å². The molecule has 1 aliphatic rings. The summed E-state index contributed by atoms with van der Waals surface area (Å²) in [5, 5.41) is 12.8. The molecule has 2 aromatic rings. The Bertz CT molecular complexity index is 695. The van der Waals surface area contributed by atoms with Crippen molar-refractivity contribution >= 4 is 29.2 Å². The number of esters is 1. The molecule has 0 atom stereocenters. The van der Waals surface area contributed by atoms with Crippen molar-refractivity contribution in [3.8, 4) is 0 Å². The molecule has 2 heterocycles. The van der Waals surface area contributed by atoms with Gasteiger partial charge in [0.2, 0.25) is 0 Å². The third kappa shape index (κ3) is 4.92. The zero-order valence-electron chi connectivity index (χ0n) is 12.7. The van der Waals surface area contributed by atoms with E-state index in [2.05, 4.69) is 14.8 Å². The van der Waals surface area contributed by atoms with Crippen LogP contribution in [0.3, 0.4) is 0 Å². The predicted octanol–water partition coefficient (Wildman–Crippen LogP) is 2.36. The molecule has 8 heteroatoms. The third-order valence-electron chi connectivity index (χ3n) is 3.59. The second-order valence-electron chi connectivity index (χ2n) is 5.26. The summed E-state index contributed by atoms with van der Waals surface area (Å²) in [4.78, 5) is 25.4. The zero-order chi connectivity index (χ0) is 16.8. The summed E-state index contributed by atoms with van der Waals surface area (Å²) >= 11 is 5.71. The van der Waals surface area contributed by atoms with E-state index in [1.165, 1.54) is 11.6 Å². The van der Waals surface area contributed by atoms with E-state index in [0.29, 0.717) is 16.5 Å². The number of fused-ring (bicyclic) bond motifs is 1. The molecule has 0 amide bonds. The molecule has 0 aromatic carbocycles. The van der Waals surface area contributed by atoms with Crippen LogP contribution < -0.4 is 0 Å². The summed E-state index contributed by atoms with van der Waals surface area (Å²) in [7, 11) is 1.34. The molecule has 1 N–H and O–H groups in total. The minimum Gasteiger partial charge on any atom is -0.481 e. The average molecular weight is 340 g/mol. The number of aromatic nitrogens is 3. The van der Waals surface area contributed by atoms with Gasteiger partial charge in [0, 0.05) is 0 Å². The van der Waals surface area contributed by atoms with Crippen LogP contribution in [0.2, 0.25) is 5.15 Å². The van der Waals surface area contributed by atoms with Crippen molar-refractivity contribution in [1.82, 2.24) is 14.6 Å². The minimum absolute atomic E-state index is 0.0185. The number of hydrogen-bond acceptors (Lipinski definition) is 5. The highest BCUT2D eigenvalue weighted by molar-refractivity contribution is 6.29. The highest BCUT2D eigenvalue weighted by Crippen LogP contribution is 2.24. The fraction of sp³-hybridized carbons (Fsp3) is 0.467. The Kier molecular flexibility index (Phi) is 5.92. The standard InChI is InChI=1S/C9H8ClN3O2.C6H10O2/c1-15-9(14)4-6-5-13-8(11-6)3-2-7(10)12-13;7-6(8)5-3-1-2-4-5/h2-3,5H,4H2,1H3;5H,1-4H2,(H,7,8). The van der Waals surface area contributed by atoms with Gasteiger partial charge in [-0.2, -0.15) is 5.10 Å². The van der Waals surface area contributed by atoms with Crippen LogP contribution >= 0.6 is 11.6 Å². The lowest BCUT2D eigenvalue weighted by molar-refractivity contribution is -0.141. The van der Waals surface area contributed by atoms with Crippen LogP contribution in [0.4, 0.5) is 0 Å². The maximum atomic E-state index is 11.0. The van der Waals surface area contributed by atoms with E-state index in [4.69, 9.17) is 16.7 Å². The van der Waals surface area contributed by atoms with Gasteiger partial charge in [0.15, 0.2) is 5.65 Å². The maximum Gasteiger partial charge on any atom is 0.311 e. The highest BCUT2D eigenvalue weighted by Gasteiger charge is 2.21. The van der Waals surface area contributed by atoms with Crippen molar-refractivity contribution in [3.05, 3.63) is 29.2 Å². The maximum absolute atomic E-state index is 11.0. The molecule has 7 nitrogen and oxygen atoms in total. The molecule has 1 fully saturated rings. The summed E-state index contributed by atoms with van der Waals surface area (Å²) in [6, 6.07) is 3.38. The van der Waals surface area contributed by atoms with Crippen LogP contribution in [0.25, 0.3) is 5.65 Å². The quantitative estimate of drug-likeness (QED) is 0.863. The van der Waals surface area contributed by atoms with Crippen molar-refractivity contribution in [2.24, 2.45) is 5.92 Å². The van der Waals surface area contributed by atoms with Gasteiger partial charge in [0.1, 0.15) is 5.15 Å². The molecule has 23 heavy (non-hydrogen) atoms. The summed E-state index contributed by atoms with van der Waals surface area (Å²) in [5.74, 6) is -0.956. The van der Waals surface area contributed by atoms with E-state index in [0.717, 1.165) is 25.7 Å². The Morgan fingerprint density at radius 2 is 2.09 bits per heavy atom. The normalized spacial score (nSPS) is 14.3. The van der Waals surface area contributed by atoms with Crippen molar-refractivity contribution in [3.63, 3.8) is 0 Å². The first kappa shape index (κ1) is 17.2. The Balaban J connectivity index is 0.000000203. The Morgan fingerprint density at radius 1 is 1.39 bits per heavy atom. The second kappa shape index (κ2) is 7.92. The molecule has 1 aliphatic carbocycles. The third-order valence-corrected chi connectivity index (χ3v) is 3.80. The first-order valence-electron chi connectivity index (χ1n) is 7.30. The SMILES string of the molecule is COC(=O)Cc1cn2nc(Cl)ccc2n1.O=C(O)C1CCCC1. The number of nitrogens with zero attached hydrogens (tertiary/aromatic N) is 3. The Labute approximate surface area is 138 Å². The summed E-state index contributed by atoms with van der Waals surface area (Å²) < 4.78 is 6.07. The lowest BCUT2D eigenvalue weighted by atomic mass is 10.1.